The first-order valence-corrected chi connectivity index (χ1v) is 12.1. The van der Waals surface area contributed by atoms with E-state index in [0.717, 1.165) is 17.7 Å². The number of rotatable bonds is 8. The van der Waals surface area contributed by atoms with E-state index in [1.54, 1.807) is 36.4 Å². The molecule has 0 aliphatic carbocycles. The van der Waals surface area contributed by atoms with Crippen LogP contribution in [0.15, 0.2) is 71.6 Å². The Bertz CT molecular complexity index is 1440. The number of nitrogens with zero attached hydrogens (tertiary/aromatic N) is 1. The van der Waals surface area contributed by atoms with Crippen LogP contribution in [0.5, 0.6) is 11.5 Å². The molecule has 1 heterocycles. The van der Waals surface area contributed by atoms with Crippen LogP contribution in [0.25, 0.3) is 6.08 Å². The highest BCUT2D eigenvalue weighted by Crippen LogP contribution is 2.36. The number of imide groups is 1. The molecular weight excluding hydrogens is 540 g/mol. The Morgan fingerprint density at radius 2 is 1.74 bits per heavy atom. The molecule has 1 saturated heterocycles. The van der Waals surface area contributed by atoms with E-state index < -0.39 is 35.3 Å². The SMILES string of the molecule is COc1ccc(C(F)(F)F)cc1NC(=O)CN1C(=O)S/C(=C\c2ccccc2OCc2ccc(F)cc2)C1=O. The summed E-state index contributed by atoms with van der Waals surface area (Å²) >= 11 is 0.611. The fourth-order valence-corrected chi connectivity index (χ4v) is 4.39. The maximum Gasteiger partial charge on any atom is 0.416 e. The number of hydrogen-bond acceptors (Lipinski definition) is 6. The molecule has 0 aromatic heterocycles. The van der Waals surface area contributed by atoms with Crippen LogP contribution in [0.3, 0.4) is 0 Å². The van der Waals surface area contributed by atoms with E-state index in [4.69, 9.17) is 9.47 Å². The standard InChI is InChI=1S/C27H20F4N2O5S/c1-37-22-11-8-18(27(29,30)31)13-20(22)32-24(34)14-33-25(35)23(39-26(33)36)12-17-4-2-3-5-21(17)38-15-16-6-9-19(28)10-7-16/h2-13H,14-15H2,1H3,(H,32,34)/b23-12-. The second-order valence-corrected chi connectivity index (χ2v) is 9.18. The monoisotopic (exact) mass is 560 g/mol. The zero-order chi connectivity index (χ0) is 28.2. The molecule has 1 fully saturated rings. The molecule has 3 amide bonds. The van der Waals surface area contributed by atoms with Crippen LogP contribution < -0.4 is 14.8 Å². The lowest BCUT2D eigenvalue weighted by atomic mass is 10.1. The van der Waals surface area contributed by atoms with Gasteiger partial charge in [0.2, 0.25) is 5.91 Å². The summed E-state index contributed by atoms with van der Waals surface area (Å²) in [7, 11) is 1.22. The number of para-hydroxylation sites is 1. The Balaban J connectivity index is 1.46. The van der Waals surface area contributed by atoms with Crippen molar-refractivity contribution in [1.29, 1.82) is 0 Å². The van der Waals surface area contributed by atoms with Gasteiger partial charge in [-0.25, -0.2) is 4.39 Å². The minimum Gasteiger partial charge on any atom is -0.495 e. The number of ether oxygens (including phenoxy) is 2. The Kier molecular flexibility index (Phi) is 8.24. The molecule has 0 bridgehead atoms. The molecule has 0 radical (unpaired) electrons. The number of anilines is 1. The number of halogens is 4. The number of amides is 3. The molecule has 7 nitrogen and oxygen atoms in total. The Hall–Kier alpha value is -4.32. The second-order valence-electron chi connectivity index (χ2n) is 8.18. The summed E-state index contributed by atoms with van der Waals surface area (Å²) in [6.45, 7) is -0.587. The van der Waals surface area contributed by atoms with Gasteiger partial charge >= 0.3 is 6.18 Å². The van der Waals surface area contributed by atoms with Crippen molar-refractivity contribution in [3.8, 4) is 11.5 Å². The van der Waals surface area contributed by atoms with Gasteiger partial charge in [0.15, 0.2) is 0 Å². The molecule has 4 rings (SSSR count). The summed E-state index contributed by atoms with van der Waals surface area (Å²) in [6.07, 6.45) is -3.21. The van der Waals surface area contributed by atoms with Crippen molar-refractivity contribution in [2.75, 3.05) is 19.0 Å². The number of carbonyl (C=O) groups excluding carboxylic acids is 3. The van der Waals surface area contributed by atoms with Crippen molar-refractivity contribution in [3.05, 3.63) is 94.1 Å². The third kappa shape index (κ3) is 6.77. The molecule has 0 spiro atoms. The number of carbonyl (C=O) groups is 3. The number of thioether (sulfide) groups is 1. The highest BCUT2D eigenvalue weighted by atomic mass is 32.2. The third-order valence-corrected chi connectivity index (χ3v) is 6.40. The first-order chi connectivity index (χ1) is 18.5. The molecule has 1 aliphatic heterocycles. The lowest BCUT2D eigenvalue weighted by Gasteiger charge is -2.16. The second kappa shape index (κ2) is 11.6. The van der Waals surface area contributed by atoms with Crippen molar-refractivity contribution in [2.24, 2.45) is 0 Å². The van der Waals surface area contributed by atoms with Gasteiger partial charge in [-0.15, -0.1) is 0 Å². The van der Waals surface area contributed by atoms with Crippen LogP contribution in [-0.4, -0.2) is 35.6 Å². The van der Waals surface area contributed by atoms with Crippen molar-refractivity contribution in [2.45, 2.75) is 12.8 Å². The van der Waals surface area contributed by atoms with Gasteiger partial charge in [0.25, 0.3) is 11.1 Å². The van der Waals surface area contributed by atoms with Crippen LogP contribution in [0.1, 0.15) is 16.7 Å². The van der Waals surface area contributed by atoms with Gasteiger partial charge < -0.3 is 14.8 Å². The first kappa shape index (κ1) is 27.7. The van der Waals surface area contributed by atoms with Crippen LogP contribution in [0.2, 0.25) is 0 Å². The normalized spacial score (nSPS) is 14.6. The predicted octanol–water partition coefficient (Wildman–Crippen LogP) is 6.11. The lowest BCUT2D eigenvalue weighted by Crippen LogP contribution is -2.36. The van der Waals surface area contributed by atoms with Crippen LogP contribution >= 0.6 is 11.8 Å². The van der Waals surface area contributed by atoms with Gasteiger partial charge in [0.1, 0.15) is 30.5 Å². The van der Waals surface area contributed by atoms with Gasteiger partial charge in [0.05, 0.1) is 23.3 Å². The van der Waals surface area contributed by atoms with Crippen LogP contribution in [-0.2, 0) is 22.4 Å². The van der Waals surface area contributed by atoms with Crippen molar-refractivity contribution < 1.29 is 41.4 Å². The van der Waals surface area contributed by atoms with E-state index in [9.17, 15) is 31.9 Å². The molecule has 0 unspecified atom stereocenters. The van der Waals surface area contributed by atoms with E-state index in [1.807, 2.05) is 0 Å². The number of benzene rings is 3. The average molecular weight is 561 g/mol. The van der Waals surface area contributed by atoms with E-state index in [1.165, 1.54) is 25.3 Å². The largest absolute Gasteiger partial charge is 0.495 e. The van der Waals surface area contributed by atoms with Crippen molar-refractivity contribution in [1.82, 2.24) is 4.90 Å². The van der Waals surface area contributed by atoms with Gasteiger partial charge in [-0.2, -0.15) is 13.2 Å². The van der Waals surface area contributed by atoms with E-state index in [-0.39, 0.29) is 28.8 Å². The Morgan fingerprint density at radius 3 is 2.44 bits per heavy atom. The highest BCUT2D eigenvalue weighted by molar-refractivity contribution is 8.18. The summed E-state index contributed by atoms with van der Waals surface area (Å²) < 4.78 is 63.2. The molecule has 1 N–H and O–H groups in total. The quantitative estimate of drug-likeness (QED) is 0.265. The van der Waals surface area contributed by atoms with Crippen molar-refractivity contribution in [3.63, 3.8) is 0 Å². The predicted molar refractivity (Wildman–Crippen MR) is 136 cm³/mol. The molecular formula is C27H20F4N2O5S. The summed E-state index contributed by atoms with van der Waals surface area (Å²) in [5.74, 6) is -1.63. The minimum absolute atomic E-state index is 0.0253. The maximum absolute atomic E-state index is 13.1. The van der Waals surface area contributed by atoms with Gasteiger partial charge in [-0.1, -0.05) is 30.3 Å². The Morgan fingerprint density at radius 1 is 1.03 bits per heavy atom. The molecule has 3 aromatic rings. The molecule has 202 valence electrons. The molecule has 1 aliphatic rings. The molecule has 39 heavy (non-hydrogen) atoms. The fraction of sp³-hybridized carbons (Fsp3) is 0.148. The van der Waals surface area contributed by atoms with Crippen LogP contribution in [0, 0.1) is 5.82 Å². The maximum atomic E-state index is 13.1. The minimum atomic E-state index is -4.65. The summed E-state index contributed by atoms with van der Waals surface area (Å²) in [5, 5.41) is 1.55. The van der Waals surface area contributed by atoms with Crippen LogP contribution in [0.4, 0.5) is 28.0 Å². The summed E-state index contributed by atoms with van der Waals surface area (Å²) in [6, 6.07) is 15.1. The molecule has 3 aromatic carbocycles. The van der Waals surface area contributed by atoms with Crippen molar-refractivity contribution >= 4 is 40.6 Å². The Labute approximate surface area is 224 Å². The number of nitrogens with one attached hydrogen (secondary N) is 1. The van der Waals surface area contributed by atoms with E-state index in [2.05, 4.69) is 5.32 Å². The zero-order valence-corrected chi connectivity index (χ0v) is 21.1. The lowest BCUT2D eigenvalue weighted by molar-refractivity contribution is -0.137. The van der Waals surface area contributed by atoms with E-state index in [0.29, 0.717) is 34.0 Å². The fourth-order valence-electron chi connectivity index (χ4n) is 3.57. The molecule has 12 heteroatoms. The van der Waals surface area contributed by atoms with Gasteiger partial charge in [-0.3, -0.25) is 19.3 Å². The summed E-state index contributed by atoms with van der Waals surface area (Å²) in [5.41, 5.74) is -0.0571. The van der Waals surface area contributed by atoms with Gasteiger partial charge in [0, 0.05) is 5.56 Å². The topological polar surface area (TPSA) is 84.9 Å². The number of methoxy groups -OCH3 is 1. The summed E-state index contributed by atoms with van der Waals surface area (Å²) in [4.78, 5) is 38.7. The third-order valence-electron chi connectivity index (χ3n) is 5.49. The average Bonchev–Trinajstić information content (AvgIpc) is 3.15. The highest BCUT2D eigenvalue weighted by Gasteiger charge is 2.37. The van der Waals surface area contributed by atoms with Gasteiger partial charge in [-0.05, 0) is 59.8 Å². The molecule has 0 saturated carbocycles. The molecule has 0 atom stereocenters. The van der Waals surface area contributed by atoms with E-state index >= 15 is 0 Å². The smallest absolute Gasteiger partial charge is 0.416 e. The number of alkyl halides is 3. The first-order valence-electron chi connectivity index (χ1n) is 11.3. The zero-order valence-electron chi connectivity index (χ0n) is 20.3. The number of hydrogen-bond donors (Lipinski definition) is 1.